The molecule has 0 spiro atoms. The lowest BCUT2D eigenvalue weighted by atomic mass is 10.1. The van der Waals surface area contributed by atoms with Gasteiger partial charge in [-0.2, -0.15) is 16.4 Å². The minimum absolute atomic E-state index is 0.0325. The largest absolute Gasteiger partial charge is 0.296 e. The summed E-state index contributed by atoms with van der Waals surface area (Å²) in [4.78, 5) is 29.1. The Bertz CT molecular complexity index is 1010. The van der Waals surface area contributed by atoms with Crippen molar-refractivity contribution >= 4 is 34.4 Å². The molecule has 0 saturated heterocycles. The lowest BCUT2D eigenvalue weighted by Gasteiger charge is -2.06. The summed E-state index contributed by atoms with van der Waals surface area (Å²) >= 11 is 1.56. The quantitative estimate of drug-likeness (QED) is 0.587. The lowest BCUT2D eigenvalue weighted by molar-refractivity contribution is 0.0955. The summed E-state index contributed by atoms with van der Waals surface area (Å²) in [6.45, 7) is 0.719. The van der Waals surface area contributed by atoms with E-state index in [9.17, 15) is 9.59 Å². The summed E-state index contributed by atoms with van der Waals surface area (Å²) in [6.07, 6.45) is 3.32. The predicted octanol–water partition coefficient (Wildman–Crippen LogP) is 2.17. The van der Waals surface area contributed by atoms with Crippen LogP contribution in [0.3, 0.4) is 0 Å². The number of hydrazone groups is 1. The molecule has 1 aliphatic rings. The molecule has 0 aliphatic carbocycles. The maximum Gasteiger partial charge on any atom is 0.271 e. The number of carbonyl (C=O) groups excluding carboxylic acids is 1. The number of nitrogens with one attached hydrogen (secondary N) is 1. The molecular formula is C17H14N4O2S. The average molecular weight is 338 g/mol. The van der Waals surface area contributed by atoms with Gasteiger partial charge in [-0.05, 0) is 41.4 Å². The van der Waals surface area contributed by atoms with Gasteiger partial charge in [-0.1, -0.05) is 0 Å². The van der Waals surface area contributed by atoms with E-state index in [-0.39, 0.29) is 11.5 Å². The number of carbonyl (C=O) groups is 1. The van der Waals surface area contributed by atoms with Gasteiger partial charge in [0.2, 0.25) is 0 Å². The number of amides is 1. The molecule has 24 heavy (non-hydrogen) atoms. The van der Waals surface area contributed by atoms with Crippen LogP contribution in [-0.4, -0.2) is 21.7 Å². The van der Waals surface area contributed by atoms with Crippen molar-refractivity contribution in [3.63, 3.8) is 0 Å². The lowest BCUT2D eigenvalue weighted by Crippen LogP contribution is -2.22. The molecule has 1 amide bonds. The second kappa shape index (κ2) is 6.01. The fraction of sp³-hybridized carbons (Fsp3) is 0.176. The Morgan fingerprint density at radius 2 is 2.29 bits per heavy atom. The Kier molecular flexibility index (Phi) is 3.70. The van der Waals surface area contributed by atoms with Gasteiger partial charge in [0.1, 0.15) is 5.82 Å². The molecule has 0 fully saturated rings. The second-order valence-corrected chi connectivity index (χ2v) is 6.36. The number of hydrogen-bond donors (Lipinski definition) is 1. The maximum atomic E-state index is 12.4. The molecule has 0 bridgehead atoms. The van der Waals surface area contributed by atoms with Crippen molar-refractivity contribution in [2.45, 2.75) is 19.4 Å². The van der Waals surface area contributed by atoms with Crippen molar-refractivity contribution in [2.24, 2.45) is 5.10 Å². The van der Waals surface area contributed by atoms with E-state index in [0.717, 1.165) is 30.8 Å². The molecule has 0 radical (unpaired) electrons. The van der Waals surface area contributed by atoms with Gasteiger partial charge < -0.3 is 0 Å². The summed E-state index contributed by atoms with van der Waals surface area (Å²) in [6, 6.07) is 6.84. The highest BCUT2D eigenvalue weighted by Gasteiger charge is 2.16. The Morgan fingerprint density at radius 3 is 3.12 bits per heavy atom. The van der Waals surface area contributed by atoms with E-state index in [1.807, 2.05) is 16.8 Å². The highest BCUT2D eigenvalue weighted by molar-refractivity contribution is 7.08. The number of thiophene rings is 1. The maximum absolute atomic E-state index is 12.4. The average Bonchev–Trinajstić information content (AvgIpc) is 3.26. The van der Waals surface area contributed by atoms with Crippen LogP contribution in [0.1, 0.15) is 28.2 Å². The molecule has 3 aromatic rings. The van der Waals surface area contributed by atoms with Gasteiger partial charge in [0.25, 0.3) is 11.5 Å². The minimum Gasteiger partial charge on any atom is -0.296 e. The number of aromatic nitrogens is 2. The first-order valence-corrected chi connectivity index (χ1v) is 8.56. The minimum atomic E-state index is -0.328. The third kappa shape index (κ3) is 2.63. The number of benzene rings is 1. The van der Waals surface area contributed by atoms with Crippen molar-refractivity contribution in [3.8, 4) is 0 Å². The van der Waals surface area contributed by atoms with Crippen molar-refractivity contribution in [2.75, 3.05) is 0 Å². The van der Waals surface area contributed by atoms with Crippen molar-refractivity contribution < 1.29 is 4.79 Å². The Morgan fingerprint density at radius 1 is 1.38 bits per heavy atom. The number of hydrogen-bond acceptors (Lipinski definition) is 5. The first-order chi connectivity index (χ1) is 11.7. The van der Waals surface area contributed by atoms with Gasteiger partial charge in [-0.15, -0.1) is 0 Å². The summed E-state index contributed by atoms with van der Waals surface area (Å²) in [5.41, 5.74) is 4.38. The highest BCUT2D eigenvalue weighted by atomic mass is 32.1. The Labute approximate surface area is 141 Å². The van der Waals surface area contributed by atoms with Gasteiger partial charge in [0, 0.05) is 24.1 Å². The van der Waals surface area contributed by atoms with E-state index in [2.05, 4.69) is 15.5 Å². The van der Waals surface area contributed by atoms with E-state index in [1.54, 1.807) is 40.3 Å². The summed E-state index contributed by atoms with van der Waals surface area (Å²) < 4.78 is 1.72. The standard InChI is InChI=1S/C17H14N4O2S/c22-16(20-18-9-11-5-7-24-10-11)12-3-4-13-14(8-12)19-15-2-1-6-21(15)17(13)23/h3-5,7-10H,1-2,6H2,(H,20,22)/b18-9-. The van der Waals surface area contributed by atoms with E-state index < -0.39 is 0 Å². The van der Waals surface area contributed by atoms with Gasteiger partial charge >= 0.3 is 0 Å². The van der Waals surface area contributed by atoms with Crippen LogP contribution in [-0.2, 0) is 13.0 Å². The van der Waals surface area contributed by atoms with E-state index in [1.165, 1.54) is 0 Å². The zero-order chi connectivity index (χ0) is 16.5. The van der Waals surface area contributed by atoms with E-state index in [4.69, 9.17) is 0 Å². The summed E-state index contributed by atoms with van der Waals surface area (Å²) in [7, 11) is 0. The van der Waals surface area contributed by atoms with Crippen LogP contribution in [0, 0.1) is 0 Å². The SMILES string of the molecule is O=C(N/N=C\c1ccsc1)c1ccc2c(=O)n3c(nc2c1)CCC3. The van der Waals surface area contributed by atoms with Gasteiger partial charge in [-0.3, -0.25) is 14.2 Å². The number of nitrogens with zero attached hydrogens (tertiary/aromatic N) is 3. The molecule has 2 aromatic heterocycles. The summed E-state index contributed by atoms with van der Waals surface area (Å²) in [5, 5.41) is 8.36. The third-order valence-electron chi connectivity index (χ3n) is 4.00. The molecule has 1 aliphatic heterocycles. The van der Waals surface area contributed by atoms with Crippen LogP contribution in [0.4, 0.5) is 0 Å². The van der Waals surface area contributed by atoms with Crippen LogP contribution in [0.2, 0.25) is 0 Å². The fourth-order valence-corrected chi connectivity index (χ4v) is 3.41. The Hall–Kier alpha value is -2.80. The molecule has 3 heterocycles. The normalized spacial score (nSPS) is 13.5. The van der Waals surface area contributed by atoms with E-state index in [0.29, 0.717) is 16.5 Å². The van der Waals surface area contributed by atoms with Gasteiger partial charge in [-0.25, -0.2) is 10.4 Å². The van der Waals surface area contributed by atoms with Crippen LogP contribution in [0.25, 0.3) is 10.9 Å². The van der Waals surface area contributed by atoms with Crippen molar-refractivity contribution in [1.82, 2.24) is 15.0 Å². The van der Waals surface area contributed by atoms with Gasteiger partial charge in [0.15, 0.2) is 0 Å². The van der Waals surface area contributed by atoms with Crippen LogP contribution in [0.5, 0.6) is 0 Å². The molecular weight excluding hydrogens is 324 g/mol. The third-order valence-corrected chi connectivity index (χ3v) is 4.70. The molecule has 0 saturated carbocycles. The van der Waals surface area contributed by atoms with Crippen LogP contribution < -0.4 is 11.0 Å². The zero-order valence-corrected chi connectivity index (χ0v) is 13.5. The van der Waals surface area contributed by atoms with E-state index >= 15 is 0 Å². The second-order valence-electron chi connectivity index (χ2n) is 5.58. The fourth-order valence-electron chi connectivity index (χ4n) is 2.80. The number of aryl methyl sites for hydroxylation is 1. The topological polar surface area (TPSA) is 76.3 Å². The van der Waals surface area contributed by atoms with Crippen molar-refractivity contribution in [3.05, 3.63) is 62.3 Å². The molecule has 1 N–H and O–H groups in total. The number of rotatable bonds is 3. The van der Waals surface area contributed by atoms with Crippen molar-refractivity contribution in [1.29, 1.82) is 0 Å². The van der Waals surface area contributed by atoms with Gasteiger partial charge in [0.05, 0.1) is 17.1 Å². The number of fused-ring (bicyclic) bond motifs is 2. The zero-order valence-electron chi connectivity index (χ0n) is 12.7. The predicted molar refractivity (Wildman–Crippen MR) is 93.7 cm³/mol. The molecule has 0 atom stereocenters. The molecule has 6 nitrogen and oxygen atoms in total. The summed E-state index contributed by atoms with van der Waals surface area (Å²) in [5.74, 6) is 0.464. The molecule has 7 heteroatoms. The molecule has 4 rings (SSSR count). The highest BCUT2D eigenvalue weighted by Crippen LogP contribution is 2.16. The molecule has 1 aromatic carbocycles. The first kappa shape index (κ1) is 14.8. The van der Waals surface area contributed by atoms with Crippen LogP contribution in [0.15, 0.2) is 44.9 Å². The monoisotopic (exact) mass is 338 g/mol. The smallest absolute Gasteiger partial charge is 0.271 e. The molecule has 0 unspecified atom stereocenters. The molecule has 120 valence electrons. The Balaban J connectivity index is 1.62. The van der Waals surface area contributed by atoms with Crippen LogP contribution >= 0.6 is 11.3 Å². The first-order valence-electron chi connectivity index (χ1n) is 7.61.